The van der Waals surface area contributed by atoms with Crippen LogP contribution in [0.5, 0.6) is 0 Å². The van der Waals surface area contributed by atoms with Crippen molar-refractivity contribution in [2.75, 3.05) is 18.4 Å². The van der Waals surface area contributed by atoms with Crippen LogP contribution in [0.15, 0.2) is 53.1 Å². The SMILES string of the molecule is Brc1ccc2ncc(-c3nc4ccccc4[nH]3)c(N[C@@H]3CCNC3)c2c1. The smallest absolute Gasteiger partial charge is 0.142 e. The molecule has 0 aliphatic carbocycles. The molecule has 1 aliphatic rings. The predicted octanol–water partition coefficient (Wildman–Crippen LogP) is 4.31. The molecule has 2 aromatic carbocycles. The van der Waals surface area contributed by atoms with E-state index in [0.717, 1.165) is 63.0 Å². The number of nitrogens with one attached hydrogen (secondary N) is 3. The van der Waals surface area contributed by atoms with Crippen molar-refractivity contribution in [2.24, 2.45) is 0 Å². The van der Waals surface area contributed by atoms with Crippen LogP contribution in [0.4, 0.5) is 5.69 Å². The van der Waals surface area contributed by atoms with E-state index < -0.39 is 0 Å². The minimum absolute atomic E-state index is 0.405. The van der Waals surface area contributed by atoms with Crippen LogP contribution in [0, 0.1) is 0 Å². The van der Waals surface area contributed by atoms with E-state index in [4.69, 9.17) is 4.98 Å². The number of hydrogen-bond acceptors (Lipinski definition) is 4. The third-order valence-electron chi connectivity index (χ3n) is 4.88. The Morgan fingerprint density at radius 1 is 1.12 bits per heavy atom. The molecule has 1 fully saturated rings. The van der Waals surface area contributed by atoms with Gasteiger partial charge in [-0.3, -0.25) is 4.98 Å². The number of hydrogen-bond donors (Lipinski definition) is 3. The molecule has 3 N–H and O–H groups in total. The molecule has 4 aromatic rings. The van der Waals surface area contributed by atoms with E-state index in [1.54, 1.807) is 0 Å². The third kappa shape index (κ3) is 2.75. The van der Waals surface area contributed by atoms with E-state index in [0.29, 0.717) is 6.04 Å². The van der Waals surface area contributed by atoms with Crippen LogP contribution in [0.3, 0.4) is 0 Å². The van der Waals surface area contributed by atoms with E-state index in [1.165, 1.54) is 0 Å². The first-order valence-electron chi connectivity index (χ1n) is 8.78. The highest BCUT2D eigenvalue weighted by Crippen LogP contribution is 2.35. The molecule has 130 valence electrons. The topological polar surface area (TPSA) is 65.6 Å². The summed E-state index contributed by atoms with van der Waals surface area (Å²) in [7, 11) is 0. The Kier molecular flexibility index (Phi) is 3.87. The van der Waals surface area contributed by atoms with Crippen molar-refractivity contribution in [3.05, 3.63) is 53.1 Å². The largest absolute Gasteiger partial charge is 0.380 e. The van der Waals surface area contributed by atoms with Crippen molar-refractivity contribution in [3.63, 3.8) is 0 Å². The lowest BCUT2D eigenvalue weighted by Gasteiger charge is -2.18. The van der Waals surface area contributed by atoms with E-state index in [2.05, 4.69) is 42.6 Å². The van der Waals surface area contributed by atoms with Gasteiger partial charge in [0, 0.05) is 28.6 Å². The molecule has 26 heavy (non-hydrogen) atoms. The number of anilines is 1. The number of aromatic nitrogens is 3. The summed E-state index contributed by atoms with van der Waals surface area (Å²) in [5.41, 5.74) is 5.06. The van der Waals surface area contributed by atoms with Crippen molar-refractivity contribution in [1.29, 1.82) is 0 Å². The number of pyridine rings is 1. The number of benzene rings is 2. The van der Waals surface area contributed by atoms with Gasteiger partial charge in [0.1, 0.15) is 5.82 Å². The van der Waals surface area contributed by atoms with Crippen LogP contribution in [0.25, 0.3) is 33.3 Å². The summed E-state index contributed by atoms with van der Waals surface area (Å²) >= 11 is 3.60. The highest BCUT2D eigenvalue weighted by molar-refractivity contribution is 9.10. The lowest BCUT2D eigenvalue weighted by Crippen LogP contribution is -2.22. The van der Waals surface area contributed by atoms with Gasteiger partial charge < -0.3 is 15.6 Å². The zero-order chi connectivity index (χ0) is 17.5. The van der Waals surface area contributed by atoms with Crippen molar-refractivity contribution >= 4 is 43.6 Å². The molecule has 5 nitrogen and oxygen atoms in total. The van der Waals surface area contributed by atoms with E-state index in [-0.39, 0.29) is 0 Å². The molecule has 0 unspecified atom stereocenters. The number of H-pyrrole nitrogens is 1. The van der Waals surface area contributed by atoms with Gasteiger partial charge in [-0.15, -0.1) is 0 Å². The van der Waals surface area contributed by atoms with Crippen LogP contribution >= 0.6 is 15.9 Å². The molecule has 6 heteroatoms. The average Bonchev–Trinajstić information content (AvgIpc) is 3.31. The van der Waals surface area contributed by atoms with Gasteiger partial charge in [0.25, 0.3) is 0 Å². The highest BCUT2D eigenvalue weighted by Gasteiger charge is 2.20. The molecule has 0 saturated carbocycles. The second-order valence-electron chi connectivity index (χ2n) is 6.64. The third-order valence-corrected chi connectivity index (χ3v) is 5.38. The normalized spacial score (nSPS) is 17.2. The summed E-state index contributed by atoms with van der Waals surface area (Å²) in [6.07, 6.45) is 3.02. The Morgan fingerprint density at radius 3 is 2.88 bits per heavy atom. The molecule has 1 aliphatic heterocycles. The first-order chi connectivity index (χ1) is 12.8. The quantitative estimate of drug-likeness (QED) is 0.473. The number of rotatable bonds is 3. The summed E-state index contributed by atoms with van der Waals surface area (Å²) < 4.78 is 1.04. The molecule has 0 amide bonds. The number of imidazole rings is 1. The second-order valence-corrected chi connectivity index (χ2v) is 7.56. The highest BCUT2D eigenvalue weighted by atomic mass is 79.9. The summed E-state index contributed by atoms with van der Waals surface area (Å²) in [5.74, 6) is 0.842. The molecule has 1 saturated heterocycles. The number of fused-ring (bicyclic) bond motifs is 2. The van der Waals surface area contributed by atoms with Gasteiger partial charge in [-0.25, -0.2) is 4.98 Å². The van der Waals surface area contributed by atoms with Gasteiger partial charge in [-0.05, 0) is 43.3 Å². The van der Waals surface area contributed by atoms with E-state index in [1.807, 2.05) is 42.6 Å². The number of aromatic amines is 1. The van der Waals surface area contributed by atoms with Gasteiger partial charge in [0.15, 0.2) is 0 Å². The Bertz CT molecular complexity index is 1060. The summed E-state index contributed by atoms with van der Waals surface area (Å²) in [4.78, 5) is 12.9. The zero-order valence-electron chi connectivity index (χ0n) is 14.1. The predicted molar refractivity (Wildman–Crippen MR) is 109 cm³/mol. The maximum atomic E-state index is 4.78. The van der Waals surface area contributed by atoms with Gasteiger partial charge in [-0.1, -0.05) is 28.1 Å². The molecular formula is C20H18BrN5. The molecule has 0 radical (unpaired) electrons. The molecule has 2 aromatic heterocycles. The van der Waals surface area contributed by atoms with Crippen LogP contribution in [0.1, 0.15) is 6.42 Å². The lowest BCUT2D eigenvalue weighted by molar-refractivity contribution is 0.794. The fraction of sp³-hybridized carbons (Fsp3) is 0.200. The lowest BCUT2D eigenvalue weighted by atomic mass is 10.1. The van der Waals surface area contributed by atoms with Crippen LogP contribution in [0.2, 0.25) is 0 Å². The number of para-hydroxylation sites is 2. The summed E-state index contributed by atoms with van der Waals surface area (Å²) in [5, 5.41) is 8.26. The Balaban J connectivity index is 1.72. The van der Waals surface area contributed by atoms with Gasteiger partial charge in [0.05, 0.1) is 27.8 Å². The van der Waals surface area contributed by atoms with Crippen molar-refractivity contribution in [3.8, 4) is 11.4 Å². The van der Waals surface area contributed by atoms with Gasteiger partial charge in [-0.2, -0.15) is 0 Å². The molecule has 1 atom stereocenters. The summed E-state index contributed by atoms with van der Waals surface area (Å²) in [6.45, 7) is 2.02. The second kappa shape index (κ2) is 6.37. The number of halogens is 1. The van der Waals surface area contributed by atoms with Crippen molar-refractivity contribution < 1.29 is 0 Å². The number of nitrogens with zero attached hydrogens (tertiary/aromatic N) is 2. The molecular weight excluding hydrogens is 390 g/mol. The fourth-order valence-electron chi connectivity index (χ4n) is 3.56. The standard InChI is InChI=1S/C20H18BrN5/c21-12-5-6-16-14(9-12)19(24-13-7-8-22-10-13)15(11-23-16)20-25-17-3-1-2-4-18(17)26-20/h1-6,9,11,13,22H,7-8,10H2,(H,23,24)(H,25,26)/t13-/m1/s1. The Labute approximate surface area is 159 Å². The first-order valence-corrected chi connectivity index (χ1v) is 9.58. The molecule has 5 rings (SSSR count). The van der Waals surface area contributed by atoms with Gasteiger partial charge >= 0.3 is 0 Å². The van der Waals surface area contributed by atoms with Crippen LogP contribution in [-0.2, 0) is 0 Å². The molecule has 3 heterocycles. The first kappa shape index (κ1) is 15.8. The Hall–Kier alpha value is -2.44. The maximum Gasteiger partial charge on any atom is 0.142 e. The van der Waals surface area contributed by atoms with E-state index >= 15 is 0 Å². The molecule has 0 bridgehead atoms. The van der Waals surface area contributed by atoms with Crippen molar-refractivity contribution in [2.45, 2.75) is 12.5 Å². The van der Waals surface area contributed by atoms with Crippen LogP contribution in [-0.4, -0.2) is 34.1 Å². The average molecular weight is 408 g/mol. The summed E-state index contributed by atoms with van der Waals surface area (Å²) in [6, 6.07) is 14.7. The van der Waals surface area contributed by atoms with Crippen molar-refractivity contribution in [1.82, 2.24) is 20.3 Å². The zero-order valence-corrected chi connectivity index (χ0v) is 15.7. The monoisotopic (exact) mass is 407 g/mol. The Morgan fingerprint density at radius 2 is 2.04 bits per heavy atom. The van der Waals surface area contributed by atoms with Crippen LogP contribution < -0.4 is 10.6 Å². The van der Waals surface area contributed by atoms with Gasteiger partial charge in [0.2, 0.25) is 0 Å². The minimum atomic E-state index is 0.405. The minimum Gasteiger partial charge on any atom is -0.380 e. The fourth-order valence-corrected chi connectivity index (χ4v) is 3.92. The van der Waals surface area contributed by atoms with E-state index in [9.17, 15) is 0 Å². The molecule has 0 spiro atoms. The maximum absolute atomic E-state index is 4.78.